The third-order valence-electron chi connectivity index (χ3n) is 3.86. The van der Waals surface area contributed by atoms with E-state index < -0.39 is 5.92 Å². The van der Waals surface area contributed by atoms with E-state index in [1.165, 1.54) is 12.1 Å². The van der Waals surface area contributed by atoms with E-state index in [2.05, 4.69) is 10.3 Å². The van der Waals surface area contributed by atoms with E-state index in [1.807, 2.05) is 11.6 Å². The maximum atomic E-state index is 14.3. The molecule has 0 amide bonds. The lowest BCUT2D eigenvalue weighted by Crippen LogP contribution is -2.20. The molecule has 0 spiro atoms. The number of aromatic nitrogens is 2. The SMILES string of the molecule is Cn1cnc2cc(C(F)(F)CC3CCNC3)ccc21. The largest absolute Gasteiger partial charge is 0.334 e. The van der Waals surface area contributed by atoms with Crippen molar-refractivity contribution in [2.24, 2.45) is 13.0 Å². The van der Waals surface area contributed by atoms with Gasteiger partial charge in [0.2, 0.25) is 0 Å². The van der Waals surface area contributed by atoms with Crippen molar-refractivity contribution in [1.82, 2.24) is 14.9 Å². The summed E-state index contributed by atoms with van der Waals surface area (Å²) in [4.78, 5) is 4.14. The topological polar surface area (TPSA) is 29.9 Å². The Bertz CT molecular complexity index is 585. The molecule has 2 heterocycles. The van der Waals surface area contributed by atoms with E-state index in [-0.39, 0.29) is 17.9 Å². The van der Waals surface area contributed by atoms with Crippen molar-refractivity contribution < 1.29 is 8.78 Å². The number of hydrogen-bond donors (Lipinski definition) is 1. The van der Waals surface area contributed by atoms with Crippen molar-refractivity contribution in [3.63, 3.8) is 0 Å². The van der Waals surface area contributed by atoms with Gasteiger partial charge in [0.25, 0.3) is 5.92 Å². The summed E-state index contributed by atoms with van der Waals surface area (Å²) in [6.45, 7) is 1.54. The lowest BCUT2D eigenvalue weighted by molar-refractivity contribution is -0.0267. The highest BCUT2D eigenvalue weighted by molar-refractivity contribution is 5.76. The van der Waals surface area contributed by atoms with E-state index in [9.17, 15) is 8.78 Å². The van der Waals surface area contributed by atoms with Gasteiger partial charge < -0.3 is 9.88 Å². The molecule has 1 unspecified atom stereocenters. The zero-order valence-corrected chi connectivity index (χ0v) is 10.9. The molecule has 0 saturated carbocycles. The molecule has 1 N–H and O–H groups in total. The number of hydrogen-bond acceptors (Lipinski definition) is 2. The summed E-state index contributed by atoms with van der Waals surface area (Å²) in [7, 11) is 1.86. The molecule has 3 nitrogen and oxygen atoms in total. The summed E-state index contributed by atoms with van der Waals surface area (Å²) >= 11 is 0. The van der Waals surface area contributed by atoms with Gasteiger partial charge in [0.05, 0.1) is 17.4 Å². The van der Waals surface area contributed by atoms with E-state index in [0.29, 0.717) is 12.1 Å². The van der Waals surface area contributed by atoms with Crippen LogP contribution in [0.3, 0.4) is 0 Å². The first-order valence-electron chi connectivity index (χ1n) is 6.56. The van der Waals surface area contributed by atoms with Crippen LogP contribution in [0.15, 0.2) is 24.5 Å². The maximum absolute atomic E-state index is 14.3. The van der Waals surface area contributed by atoms with Gasteiger partial charge in [-0.2, -0.15) is 0 Å². The second-order valence-electron chi connectivity index (χ2n) is 5.33. The molecule has 1 saturated heterocycles. The molecule has 19 heavy (non-hydrogen) atoms. The highest BCUT2D eigenvalue weighted by atomic mass is 19.3. The molecule has 0 bridgehead atoms. The molecule has 1 atom stereocenters. The highest BCUT2D eigenvalue weighted by Gasteiger charge is 2.35. The number of imidazole rings is 1. The molecule has 1 aliphatic rings. The lowest BCUT2D eigenvalue weighted by Gasteiger charge is -2.20. The van der Waals surface area contributed by atoms with Crippen LogP contribution >= 0.6 is 0 Å². The maximum Gasteiger partial charge on any atom is 0.273 e. The van der Waals surface area contributed by atoms with Gasteiger partial charge in [-0.1, -0.05) is 6.07 Å². The molecule has 0 radical (unpaired) electrons. The lowest BCUT2D eigenvalue weighted by atomic mass is 9.95. The Kier molecular flexibility index (Phi) is 3.01. The number of rotatable bonds is 3. The first kappa shape index (κ1) is 12.5. The molecule has 5 heteroatoms. The predicted octanol–water partition coefficient (Wildman–Crippen LogP) is 2.66. The summed E-state index contributed by atoms with van der Waals surface area (Å²) in [5.74, 6) is -2.71. The molecule has 1 fully saturated rings. The van der Waals surface area contributed by atoms with Crippen molar-refractivity contribution in [2.75, 3.05) is 13.1 Å². The Morgan fingerprint density at radius 1 is 1.47 bits per heavy atom. The zero-order valence-electron chi connectivity index (χ0n) is 10.9. The fourth-order valence-corrected chi connectivity index (χ4v) is 2.73. The van der Waals surface area contributed by atoms with Crippen molar-refractivity contribution in [3.05, 3.63) is 30.1 Å². The van der Waals surface area contributed by atoms with Crippen molar-refractivity contribution >= 4 is 11.0 Å². The summed E-state index contributed by atoms with van der Waals surface area (Å²) in [6.07, 6.45) is 2.40. The first-order valence-corrected chi connectivity index (χ1v) is 6.56. The third-order valence-corrected chi connectivity index (χ3v) is 3.86. The van der Waals surface area contributed by atoms with Gasteiger partial charge in [0, 0.05) is 19.0 Å². The summed E-state index contributed by atoms with van der Waals surface area (Å²) in [5, 5.41) is 3.13. The Labute approximate surface area is 110 Å². The predicted molar refractivity (Wildman–Crippen MR) is 70.2 cm³/mol. The molecular formula is C14H17F2N3. The standard InChI is InChI=1S/C14H17F2N3/c1-19-9-18-12-6-11(2-3-13(12)19)14(15,16)7-10-4-5-17-8-10/h2-3,6,9-10,17H,4-5,7-8H2,1H3. The second kappa shape index (κ2) is 4.56. The van der Waals surface area contributed by atoms with Crippen LogP contribution in [0.2, 0.25) is 0 Å². The number of halogens is 2. The highest BCUT2D eigenvalue weighted by Crippen LogP contribution is 2.37. The minimum Gasteiger partial charge on any atom is -0.334 e. The van der Waals surface area contributed by atoms with Crippen LogP contribution in [-0.2, 0) is 13.0 Å². The number of nitrogens with one attached hydrogen (secondary N) is 1. The smallest absolute Gasteiger partial charge is 0.273 e. The fourth-order valence-electron chi connectivity index (χ4n) is 2.73. The van der Waals surface area contributed by atoms with Gasteiger partial charge >= 0.3 is 0 Å². The van der Waals surface area contributed by atoms with Crippen molar-refractivity contribution in [1.29, 1.82) is 0 Å². The van der Waals surface area contributed by atoms with Gasteiger partial charge in [-0.05, 0) is 37.6 Å². The average Bonchev–Trinajstić information content (AvgIpc) is 2.99. The number of nitrogens with zero attached hydrogens (tertiary/aromatic N) is 2. The van der Waals surface area contributed by atoms with Crippen molar-refractivity contribution in [2.45, 2.75) is 18.8 Å². The van der Waals surface area contributed by atoms with Gasteiger partial charge in [0.1, 0.15) is 0 Å². The average molecular weight is 265 g/mol. The molecule has 102 valence electrons. The second-order valence-corrected chi connectivity index (χ2v) is 5.33. The van der Waals surface area contributed by atoms with Crippen LogP contribution in [-0.4, -0.2) is 22.6 Å². The van der Waals surface area contributed by atoms with E-state index in [4.69, 9.17) is 0 Å². The fraction of sp³-hybridized carbons (Fsp3) is 0.500. The van der Waals surface area contributed by atoms with E-state index in [1.54, 1.807) is 12.4 Å². The zero-order chi connectivity index (χ0) is 13.5. The molecule has 1 aromatic carbocycles. The quantitative estimate of drug-likeness (QED) is 0.924. The van der Waals surface area contributed by atoms with Gasteiger partial charge in [0.15, 0.2) is 0 Å². The number of aryl methyl sites for hydroxylation is 1. The van der Waals surface area contributed by atoms with Crippen LogP contribution in [0.4, 0.5) is 8.78 Å². The first-order chi connectivity index (χ1) is 9.06. The van der Waals surface area contributed by atoms with Gasteiger partial charge in [-0.3, -0.25) is 0 Å². The molecule has 3 rings (SSSR count). The summed E-state index contributed by atoms with van der Waals surface area (Å²) in [5.41, 5.74) is 1.58. The normalized spacial score (nSPS) is 20.3. The molecular weight excluding hydrogens is 248 g/mol. The number of alkyl halides is 2. The van der Waals surface area contributed by atoms with Crippen LogP contribution in [0.25, 0.3) is 11.0 Å². The Hall–Kier alpha value is -1.49. The molecule has 1 aromatic heterocycles. The van der Waals surface area contributed by atoms with Crippen LogP contribution < -0.4 is 5.32 Å². The van der Waals surface area contributed by atoms with Crippen LogP contribution in [0, 0.1) is 5.92 Å². The number of benzene rings is 1. The Balaban J connectivity index is 1.88. The number of fused-ring (bicyclic) bond motifs is 1. The minimum atomic E-state index is -2.78. The summed E-state index contributed by atoms with van der Waals surface area (Å²) < 4.78 is 30.4. The van der Waals surface area contributed by atoms with Gasteiger partial charge in [-0.15, -0.1) is 0 Å². The summed E-state index contributed by atoms with van der Waals surface area (Å²) in [6, 6.07) is 4.75. The molecule has 1 aliphatic heterocycles. The Morgan fingerprint density at radius 2 is 2.32 bits per heavy atom. The molecule has 0 aliphatic carbocycles. The van der Waals surface area contributed by atoms with Crippen LogP contribution in [0.5, 0.6) is 0 Å². The Morgan fingerprint density at radius 3 is 3.05 bits per heavy atom. The van der Waals surface area contributed by atoms with E-state index in [0.717, 1.165) is 18.5 Å². The molecule has 2 aromatic rings. The van der Waals surface area contributed by atoms with E-state index >= 15 is 0 Å². The van der Waals surface area contributed by atoms with Crippen LogP contribution in [0.1, 0.15) is 18.4 Å². The minimum absolute atomic E-state index is 0.0643. The van der Waals surface area contributed by atoms with Gasteiger partial charge in [-0.25, -0.2) is 13.8 Å². The third kappa shape index (κ3) is 2.34. The monoisotopic (exact) mass is 265 g/mol. The van der Waals surface area contributed by atoms with Crippen molar-refractivity contribution in [3.8, 4) is 0 Å².